The second-order valence-corrected chi connectivity index (χ2v) is 9.32. The van der Waals surface area contributed by atoms with Crippen LogP contribution in [-0.2, 0) is 5.92 Å². The van der Waals surface area contributed by atoms with E-state index in [9.17, 15) is 8.78 Å². The topological polar surface area (TPSA) is 41.1 Å². The van der Waals surface area contributed by atoms with Crippen molar-refractivity contribution in [3.05, 3.63) is 47.5 Å². The molecule has 0 bridgehead atoms. The van der Waals surface area contributed by atoms with Crippen molar-refractivity contribution in [2.24, 2.45) is 11.8 Å². The molecule has 1 aliphatic heterocycles. The first-order valence-electron chi connectivity index (χ1n) is 11.9. The van der Waals surface area contributed by atoms with Crippen LogP contribution in [0.1, 0.15) is 76.0 Å². The maximum atomic E-state index is 15.4. The van der Waals surface area contributed by atoms with Crippen molar-refractivity contribution in [3.63, 3.8) is 0 Å². The van der Waals surface area contributed by atoms with E-state index in [0.717, 1.165) is 38.3 Å². The van der Waals surface area contributed by atoms with Gasteiger partial charge in [-0.15, -0.1) is 0 Å². The highest BCUT2D eigenvalue weighted by Crippen LogP contribution is 2.38. The molecule has 1 N–H and O–H groups in total. The number of anilines is 2. The SMILES string of the molecule is CCC1CCCCC1CNc1ncnc(N2CCCC2c2ccc(C(C)(F)F)cc2)c1F. The highest BCUT2D eigenvalue weighted by Gasteiger charge is 2.32. The molecular weight excluding hydrogens is 413 g/mol. The summed E-state index contributed by atoms with van der Waals surface area (Å²) in [6.45, 7) is 4.52. The number of halogens is 3. The highest BCUT2D eigenvalue weighted by atomic mass is 19.3. The molecule has 1 aliphatic carbocycles. The van der Waals surface area contributed by atoms with E-state index in [-0.39, 0.29) is 23.2 Å². The molecule has 0 spiro atoms. The Bertz CT molecular complexity index is 897. The Kier molecular flexibility index (Phi) is 6.91. The van der Waals surface area contributed by atoms with E-state index in [1.165, 1.54) is 44.1 Å². The van der Waals surface area contributed by atoms with Crippen molar-refractivity contribution in [2.45, 2.75) is 70.8 Å². The Morgan fingerprint density at radius 3 is 2.44 bits per heavy atom. The van der Waals surface area contributed by atoms with Crippen LogP contribution in [0.3, 0.4) is 0 Å². The van der Waals surface area contributed by atoms with Gasteiger partial charge in [-0.2, -0.15) is 4.39 Å². The molecule has 0 radical (unpaired) electrons. The molecule has 2 aromatic rings. The van der Waals surface area contributed by atoms with Gasteiger partial charge in [0.15, 0.2) is 11.6 Å². The predicted octanol–water partition coefficient (Wildman–Crippen LogP) is 6.70. The first-order valence-corrected chi connectivity index (χ1v) is 11.9. The van der Waals surface area contributed by atoms with Gasteiger partial charge in [-0.25, -0.2) is 18.7 Å². The van der Waals surface area contributed by atoms with Crippen molar-refractivity contribution in [1.29, 1.82) is 0 Å². The molecule has 174 valence electrons. The van der Waals surface area contributed by atoms with E-state index in [0.29, 0.717) is 18.4 Å². The zero-order chi connectivity index (χ0) is 22.7. The van der Waals surface area contributed by atoms with E-state index in [1.54, 1.807) is 12.1 Å². The monoisotopic (exact) mass is 446 g/mol. The molecule has 0 amide bonds. The molecule has 4 rings (SSSR count). The fourth-order valence-corrected chi connectivity index (χ4v) is 5.37. The van der Waals surface area contributed by atoms with Crippen LogP contribution in [0.2, 0.25) is 0 Å². The number of aromatic nitrogens is 2. The number of nitrogens with zero attached hydrogens (tertiary/aromatic N) is 3. The normalized spacial score (nSPS) is 24.0. The van der Waals surface area contributed by atoms with E-state index in [1.807, 2.05) is 4.90 Å². The highest BCUT2D eigenvalue weighted by molar-refractivity contribution is 5.53. The number of rotatable bonds is 7. The summed E-state index contributed by atoms with van der Waals surface area (Å²) in [5, 5.41) is 3.25. The fraction of sp³-hybridized carbons (Fsp3) is 0.600. The van der Waals surface area contributed by atoms with Gasteiger partial charge in [-0.1, -0.05) is 56.9 Å². The lowest BCUT2D eigenvalue weighted by Gasteiger charge is -2.31. The van der Waals surface area contributed by atoms with Crippen LogP contribution in [0.15, 0.2) is 30.6 Å². The Morgan fingerprint density at radius 2 is 1.75 bits per heavy atom. The largest absolute Gasteiger partial charge is 0.367 e. The zero-order valence-corrected chi connectivity index (χ0v) is 19.0. The third-order valence-electron chi connectivity index (χ3n) is 7.22. The molecule has 2 aliphatic rings. The summed E-state index contributed by atoms with van der Waals surface area (Å²) in [5.74, 6) is -1.54. The Hall–Kier alpha value is -2.31. The molecule has 2 heterocycles. The molecule has 3 atom stereocenters. The Balaban J connectivity index is 1.50. The first kappa shape index (κ1) is 22.9. The van der Waals surface area contributed by atoms with Gasteiger partial charge in [0.25, 0.3) is 5.92 Å². The van der Waals surface area contributed by atoms with E-state index < -0.39 is 11.7 Å². The van der Waals surface area contributed by atoms with Crippen molar-refractivity contribution in [2.75, 3.05) is 23.3 Å². The van der Waals surface area contributed by atoms with E-state index >= 15 is 4.39 Å². The van der Waals surface area contributed by atoms with Gasteiger partial charge < -0.3 is 10.2 Å². The van der Waals surface area contributed by atoms with Gasteiger partial charge in [-0.05, 0) is 36.7 Å². The summed E-state index contributed by atoms with van der Waals surface area (Å²) < 4.78 is 42.6. The van der Waals surface area contributed by atoms with Crippen molar-refractivity contribution in [3.8, 4) is 0 Å². The summed E-state index contributed by atoms with van der Waals surface area (Å²) in [7, 11) is 0. The lowest BCUT2D eigenvalue weighted by atomic mass is 9.78. The average Bonchev–Trinajstić information content (AvgIpc) is 3.28. The number of hydrogen-bond donors (Lipinski definition) is 1. The molecule has 2 fully saturated rings. The quantitative estimate of drug-likeness (QED) is 0.514. The van der Waals surface area contributed by atoms with Gasteiger partial charge >= 0.3 is 0 Å². The third-order valence-corrected chi connectivity index (χ3v) is 7.22. The molecule has 3 unspecified atom stereocenters. The fourth-order valence-electron chi connectivity index (χ4n) is 5.37. The van der Waals surface area contributed by atoms with Gasteiger partial charge in [-0.3, -0.25) is 0 Å². The smallest absolute Gasteiger partial charge is 0.270 e. The minimum atomic E-state index is -2.87. The maximum absolute atomic E-state index is 15.4. The zero-order valence-electron chi connectivity index (χ0n) is 19.0. The van der Waals surface area contributed by atoms with Crippen molar-refractivity contribution >= 4 is 11.6 Å². The molecule has 32 heavy (non-hydrogen) atoms. The van der Waals surface area contributed by atoms with Crippen LogP contribution in [0.5, 0.6) is 0 Å². The van der Waals surface area contributed by atoms with Crippen molar-refractivity contribution in [1.82, 2.24) is 9.97 Å². The van der Waals surface area contributed by atoms with Gasteiger partial charge in [0.1, 0.15) is 6.33 Å². The second kappa shape index (κ2) is 9.67. The van der Waals surface area contributed by atoms with Crippen LogP contribution in [0.25, 0.3) is 0 Å². The molecule has 7 heteroatoms. The minimum absolute atomic E-state index is 0.0152. The van der Waals surface area contributed by atoms with Gasteiger partial charge in [0.2, 0.25) is 5.82 Å². The third kappa shape index (κ3) is 4.86. The van der Waals surface area contributed by atoms with E-state index in [4.69, 9.17) is 0 Å². The minimum Gasteiger partial charge on any atom is -0.367 e. The van der Waals surface area contributed by atoms with Gasteiger partial charge in [0, 0.05) is 25.6 Å². The van der Waals surface area contributed by atoms with Crippen LogP contribution in [0.4, 0.5) is 24.8 Å². The Labute approximate surface area is 188 Å². The van der Waals surface area contributed by atoms with Crippen LogP contribution < -0.4 is 10.2 Å². The summed E-state index contributed by atoms with van der Waals surface area (Å²) in [6, 6.07) is 6.28. The molecule has 1 aromatic carbocycles. The Morgan fingerprint density at radius 1 is 1.03 bits per heavy atom. The number of alkyl halides is 2. The van der Waals surface area contributed by atoms with Crippen LogP contribution in [0, 0.1) is 17.7 Å². The molecule has 4 nitrogen and oxygen atoms in total. The molecule has 1 saturated heterocycles. The lowest BCUT2D eigenvalue weighted by molar-refractivity contribution is 0.0174. The average molecular weight is 447 g/mol. The lowest BCUT2D eigenvalue weighted by Crippen LogP contribution is -2.28. The number of hydrogen-bond acceptors (Lipinski definition) is 4. The summed E-state index contributed by atoms with van der Waals surface area (Å²) >= 11 is 0. The van der Waals surface area contributed by atoms with Crippen LogP contribution >= 0.6 is 0 Å². The van der Waals surface area contributed by atoms with Gasteiger partial charge in [0.05, 0.1) is 6.04 Å². The maximum Gasteiger partial charge on any atom is 0.270 e. The first-order chi connectivity index (χ1) is 15.4. The van der Waals surface area contributed by atoms with Crippen LogP contribution in [-0.4, -0.2) is 23.1 Å². The second-order valence-electron chi connectivity index (χ2n) is 9.32. The summed E-state index contributed by atoms with van der Waals surface area (Å²) in [4.78, 5) is 10.4. The molecule has 1 saturated carbocycles. The number of nitrogens with one attached hydrogen (secondary N) is 1. The van der Waals surface area contributed by atoms with E-state index in [2.05, 4.69) is 22.2 Å². The summed E-state index contributed by atoms with van der Waals surface area (Å²) in [5.41, 5.74) is 0.884. The number of benzene rings is 1. The van der Waals surface area contributed by atoms with Crippen molar-refractivity contribution < 1.29 is 13.2 Å². The molecule has 1 aromatic heterocycles. The summed E-state index contributed by atoms with van der Waals surface area (Å²) in [6.07, 6.45) is 9.23. The standard InChI is InChI=1S/C25H33F3N4/c1-3-17-7-4-5-8-19(17)15-29-23-22(26)24(31-16-30-23)32-14-6-9-21(32)18-10-12-20(13-11-18)25(2,27)28/h10-13,16-17,19,21H,3-9,14-15H2,1-2H3,(H,29,30,31). The molecular formula is C25H33F3N4. The predicted molar refractivity (Wildman–Crippen MR) is 122 cm³/mol.